The summed E-state index contributed by atoms with van der Waals surface area (Å²) in [5.74, 6) is 0. The zero-order chi connectivity index (χ0) is 20.1. The average molecular weight is 373 g/mol. The van der Waals surface area contributed by atoms with Crippen molar-refractivity contribution in [1.82, 2.24) is 5.01 Å². The van der Waals surface area contributed by atoms with Gasteiger partial charge in [0.05, 0.1) is 17.4 Å². The van der Waals surface area contributed by atoms with Crippen LogP contribution in [0.4, 0.5) is 0 Å². The SMILES string of the molecule is C=CC(C)(C)[C@@H](O)/C(=N/N1CCC[C@H]1C(CC)(CC)OC)c1ccccc1. The van der Waals surface area contributed by atoms with Crippen LogP contribution in [0, 0.1) is 5.41 Å². The highest BCUT2D eigenvalue weighted by molar-refractivity contribution is 6.04. The first kappa shape index (κ1) is 21.6. The third kappa shape index (κ3) is 4.44. The highest BCUT2D eigenvalue weighted by atomic mass is 16.5. The van der Waals surface area contributed by atoms with Crippen molar-refractivity contribution in [3.8, 4) is 0 Å². The molecule has 1 saturated heterocycles. The van der Waals surface area contributed by atoms with E-state index in [9.17, 15) is 5.11 Å². The van der Waals surface area contributed by atoms with Crippen LogP contribution >= 0.6 is 0 Å². The minimum absolute atomic E-state index is 0.208. The molecule has 2 rings (SSSR count). The first-order chi connectivity index (χ1) is 12.8. The van der Waals surface area contributed by atoms with E-state index in [0.29, 0.717) is 5.71 Å². The van der Waals surface area contributed by atoms with Crippen LogP contribution in [0.15, 0.2) is 48.1 Å². The minimum atomic E-state index is -0.737. The number of rotatable bonds is 9. The first-order valence-electron chi connectivity index (χ1n) is 10.1. The van der Waals surface area contributed by atoms with Gasteiger partial charge in [0.1, 0.15) is 6.10 Å². The molecular formula is C23H36N2O2. The fourth-order valence-corrected chi connectivity index (χ4v) is 4.03. The molecule has 1 aliphatic heterocycles. The second-order valence-corrected chi connectivity index (χ2v) is 8.08. The number of benzene rings is 1. The summed E-state index contributed by atoms with van der Waals surface area (Å²) >= 11 is 0. The molecule has 1 fully saturated rings. The van der Waals surface area contributed by atoms with Crippen LogP contribution in [0.2, 0.25) is 0 Å². The van der Waals surface area contributed by atoms with E-state index in [0.717, 1.165) is 37.8 Å². The van der Waals surface area contributed by atoms with Gasteiger partial charge in [0.25, 0.3) is 0 Å². The Kier molecular flexibility index (Phi) is 7.24. The maximum Gasteiger partial charge on any atom is 0.107 e. The highest BCUT2D eigenvalue weighted by Gasteiger charge is 2.42. The van der Waals surface area contributed by atoms with Gasteiger partial charge in [-0.3, -0.25) is 5.01 Å². The van der Waals surface area contributed by atoms with Crippen LogP contribution in [0.1, 0.15) is 58.9 Å². The van der Waals surface area contributed by atoms with E-state index in [1.54, 1.807) is 13.2 Å². The maximum atomic E-state index is 11.2. The Hall–Kier alpha value is -1.65. The molecule has 2 atom stereocenters. The molecule has 0 unspecified atom stereocenters. The lowest BCUT2D eigenvalue weighted by atomic mass is 9.82. The largest absolute Gasteiger partial charge is 0.386 e. The smallest absolute Gasteiger partial charge is 0.107 e. The molecule has 0 radical (unpaired) electrons. The monoisotopic (exact) mass is 372 g/mol. The van der Waals surface area contributed by atoms with Crippen molar-refractivity contribution in [2.75, 3.05) is 13.7 Å². The van der Waals surface area contributed by atoms with Crippen molar-refractivity contribution in [1.29, 1.82) is 0 Å². The third-order valence-corrected chi connectivity index (χ3v) is 6.23. The van der Waals surface area contributed by atoms with Crippen molar-refractivity contribution in [3.63, 3.8) is 0 Å². The van der Waals surface area contributed by atoms with Crippen molar-refractivity contribution in [2.45, 2.75) is 71.1 Å². The summed E-state index contributed by atoms with van der Waals surface area (Å²) in [4.78, 5) is 0. The molecule has 1 aliphatic rings. The van der Waals surface area contributed by atoms with Gasteiger partial charge in [-0.25, -0.2) is 0 Å². The average Bonchev–Trinajstić information content (AvgIpc) is 3.17. The van der Waals surface area contributed by atoms with Gasteiger partial charge in [0, 0.05) is 24.6 Å². The molecule has 1 N–H and O–H groups in total. The summed E-state index contributed by atoms with van der Waals surface area (Å²) in [7, 11) is 1.81. The highest BCUT2D eigenvalue weighted by Crippen LogP contribution is 2.35. The van der Waals surface area contributed by atoms with Gasteiger partial charge >= 0.3 is 0 Å². The van der Waals surface area contributed by atoms with Gasteiger partial charge in [-0.2, -0.15) is 5.10 Å². The topological polar surface area (TPSA) is 45.1 Å². The Morgan fingerprint density at radius 2 is 1.96 bits per heavy atom. The van der Waals surface area contributed by atoms with E-state index in [2.05, 4.69) is 25.4 Å². The number of hydrazone groups is 1. The Morgan fingerprint density at radius 1 is 1.33 bits per heavy atom. The van der Waals surface area contributed by atoms with Crippen molar-refractivity contribution >= 4 is 5.71 Å². The zero-order valence-electron chi connectivity index (χ0n) is 17.6. The van der Waals surface area contributed by atoms with Crippen LogP contribution in [-0.2, 0) is 4.74 Å². The summed E-state index contributed by atoms with van der Waals surface area (Å²) < 4.78 is 6.00. The van der Waals surface area contributed by atoms with Gasteiger partial charge in [0.15, 0.2) is 0 Å². The predicted molar refractivity (Wildman–Crippen MR) is 113 cm³/mol. The molecule has 0 saturated carbocycles. The van der Waals surface area contributed by atoms with Gasteiger partial charge in [0.2, 0.25) is 0 Å². The number of hydrogen-bond donors (Lipinski definition) is 1. The van der Waals surface area contributed by atoms with E-state index >= 15 is 0 Å². The first-order valence-corrected chi connectivity index (χ1v) is 10.1. The van der Waals surface area contributed by atoms with E-state index < -0.39 is 11.5 Å². The summed E-state index contributed by atoms with van der Waals surface area (Å²) in [5, 5.41) is 18.3. The third-order valence-electron chi connectivity index (χ3n) is 6.23. The summed E-state index contributed by atoms with van der Waals surface area (Å²) in [6.07, 6.45) is 5.09. The van der Waals surface area contributed by atoms with Gasteiger partial charge in [-0.05, 0) is 25.7 Å². The second kappa shape index (κ2) is 9.03. The summed E-state index contributed by atoms with van der Waals surface area (Å²) in [5.41, 5.74) is 0.963. The van der Waals surface area contributed by atoms with Gasteiger partial charge in [-0.15, -0.1) is 6.58 Å². The normalized spacial score (nSPS) is 20.0. The zero-order valence-corrected chi connectivity index (χ0v) is 17.6. The molecule has 0 aliphatic carbocycles. The van der Waals surface area contributed by atoms with E-state index in [4.69, 9.17) is 9.84 Å². The lowest BCUT2D eigenvalue weighted by Gasteiger charge is -2.40. The fraction of sp³-hybridized carbons (Fsp3) is 0.609. The number of aliphatic hydroxyl groups is 1. The second-order valence-electron chi connectivity index (χ2n) is 8.08. The van der Waals surface area contributed by atoms with Crippen molar-refractivity contribution in [3.05, 3.63) is 48.6 Å². The molecule has 27 heavy (non-hydrogen) atoms. The quantitative estimate of drug-likeness (QED) is 0.508. The van der Waals surface area contributed by atoms with Gasteiger partial charge < -0.3 is 9.84 Å². The maximum absolute atomic E-state index is 11.2. The van der Waals surface area contributed by atoms with E-state index in [1.807, 2.05) is 44.2 Å². The molecule has 0 amide bonds. The van der Waals surface area contributed by atoms with Crippen molar-refractivity contribution in [2.24, 2.45) is 10.5 Å². The molecule has 1 aromatic carbocycles. The Labute approximate surface area is 164 Å². The van der Waals surface area contributed by atoms with Crippen LogP contribution in [0.5, 0.6) is 0 Å². The van der Waals surface area contributed by atoms with Crippen LogP contribution < -0.4 is 0 Å². The van der Waals surface area contributed by atoms with Crippen molar-refractivity contribution < 1.29 is 9.84 Å². The summed E-state index contributed by atoms with van der Waals surface area (Å²) in [6, 6.07) is 10.2. The molecule has 0 aromatic heterocycles. The van der Waals surface area contributed by atoms with Crippen LogP contribution in [-0.4, -0.2) is 47.2 Å². The Bertz CT molecular complexity index is 627. The molecule has 1 heterocycles. The molecule has 1 aromatic rings. The van der Waals surface area contributed by atoms with E-state index in [1.165, 1.54) is 0 Å². The predicted octanol–water partition coefficient (Wildman–Crippen LogP) is 4.63. The van der Waals surface area contributed by atoms with E-state index in [-0.39, 0.29) is 11.6 Å². The lowest BCUT2D eigenvalue weighted by molar-refractivity contribution is -0.0734. The molecular weight excluding hydrogens is 336 g/mol. The Morgan fingerprint density at radius 3 is 2.48 bits per heavy atom. The number of nitrogens with zero attached hydrogens (tertiary/aromatic N) is 2. The molecule has 0 bridgehead atoms. The standard InChI is InChI=1S/C23H36N2O2/c1-7-22(4,5)21(26)20(18-14-11-10-12-15-18)24-25-17-13-16-19(25)23(8-2,9-3)27-6/h7,10-12,14-15,19,21,26H,1,8-9,13,16-17H2,2-6H3/b24-20+/t19-,21-/m0/s1. The molecule has 150 valence electrons. The number of hydrogen-bond acceptors (Lipinski definition) is 4. The number of aliphatic hydroxyl groups excluding tert-OH is 1. The molecule has 4 heteroatoms. The number of methoxy groups -OCH3 is 1. The Balaban J connectivity index is 2.48. The minimum Gasteiger partial charge on any atom is -0.386 e. The molecule has 0 spiro atoms. The number of ether oxygens (including phenoxy) is 1. The lowest BCUT2D eigenvalue weighted by Crippen LogP contribution is -2.49. The van der Waals surface area contributed by atoms with Gasteiger partial charge in [-0.1, -0.05) is 64.1 Å². The van der Waals surface area contributed by atoms with Crippen LogP contribution in [0.3, 0.4) is 0 Å². The molecule has 4 nitrogen and oxygen atoms in total. The van der Waals surface area contributed by atoms with Crippen LogP contribution in [0.25, 0.3) is 0 Å². The fourth-order valence-electron chi connectivity index (χ4n) is 4.03. The summed E-state index contributed by atoms with van der Waals surface area (Å²) in [6.45, 7) is 13.1.